The fraction of sp³-hybridized carbons (Fsp3) is 0.538. The number of halogens is 1. The summed E-state index contributed by atoms with van der Waals surface area (Å²) < 4.78 is 10.9. The molecule has 1 N–H and O–H groups in total. The summed E-state index contributed by atoms with van der Waals surface area (Å²) in [6.07, 6.45) is -0.234. The highest BCUT2D eigenvalue weighted by Gasteiger charge is 2.08. The molecule has 3 nitrogen and oxygen atoms in total. The molecule has 96 valence electrons. The molecule has 0 aliphatic carbocycles. The van der Waals surface area contributed by atoms with Crippen molar-refractivity contribution < 1.29 is 9.47 Å². The SMILES string of the molecule is CCOC(CNc1ccc(C)cc1Cl)OCC. The lowest BCUT2D eigenvalue weighted by Crippen LogP contribution is -2.26. The van der Waals surface area contributed by atoms with Crippen LogP contribution in [0.15, 0.2) is 18.2 Å². The zero-order valence-electron chi connectivity index (χ0n) is 10.6. The molecule has 0 spiro atoms. The summed E-state index contributed by atoms with van der Waals surface area (Å²) in [5.74, 6) is 0. The Hall–Kier alpha value is -0.770. The van der Waals surface area contributed by atoms with E-state index in [9.17, 15) is 0 Å². The maximum Gasteiger partial charge on any atom is 0.174 e. The van der Waals surface area contributed by atoms with Gasteiger partial charge < -0.3 is 14.8 Å². The molecular weight excluding hydrogens is 238 g/mol. The third-order valence-corrected chi connectivity index (χ3v) is 2.60. The summed E-state index contributed by atoms with van der Waals surface area (Å²) in [5, 5.41) is 3.95. The van der Waals surface area contributed by atoms with E-state index >= 15 is 0 Å². The Morgan fingerprint density at radius 2 is 1.88 bits per heavy atom. The molecule has 17 heavy (non-hydrogen) atoms. The van der Waals surface area contributed by atoms with Crippen LogP contribution in [0.1, 0.15) is 19.4 Å². The van der Waals surface area contributed by atoms with Gasteiger partial charge in [0, 0.05) is 13.2 Å². The van der Waals surface area contributed by atoms with Gasteiger partial charge in [0.15, 0.2) is 6.29 Å². The molecule has 0 fully saturated rings. The van der Waals surface area contributed by atoms with Crippen LogP contribution in [0.5, 0.6) is 0 Å². The van der Waals surface area contributed by atoms with Crippen LogP contribution in [0.3, 0.4) is 0 Å². The first-order chi connectivity index (χ1) is 8.17. The van der Waals surface area contributed by atoms with Gasteiger partial charge in [-0.3, -0.25) is 0 Å². The number of nitrogens with one attached hydrogen (secondary N) is 1. The van der Waals surface area contributed by atoms with Gasteiger partial charge in [-0.15, -0.1) is 0 Å². The number of aryl methyl sites for hydroxylation is 1. The molecule has 0 radical (unpaired) electrons. The number of rotatable bonds is 7. The van der Waals surface area contributed by atoms with E-state index in [1.54, 1.807) is 0 Å². The van der Waals surface area contributed by atoms with Crippen LogP contribution in [0, 0.1) is 6.92 Å². The van der Waals surface area contributed by atoms with E-state index in [2.05, 4.69) is 5.32 Å². The number of ether oxygens (including phenoxy) is 2. The van der Waals surface area contributed by atoms with E-state index in [-0.39, 0.29) is 6.29 Å². The third-order valence-electron chi connectivity index (χ3n) is 2.29. The zero-order chi connectivity index (χ0) is 12.7. The van der Waals surface area contributed by atoms with Crippen molar-refractivity contribution >= 4 is 17.3 Å². The van der Waals surface area contributed by atoms with Crippen LogP contribution in [0.4, 0.5) is 5.69 Å². The van der Waals surface area contributed by atoms with Crippen molar-refractivity contribution in [3.8, 4) is 0 Å². The van der Waals surface area contributed by atoms with Crippen LogP contribution < -0.4 is 5.32 Å². The molecule has 4 heteroatoms. The van der Waals surface area contributed by atoms with Crippen LogP contribution >= 0.6 is 11.6 Å². The van der Waals surface area contributed by atoms with Crippen molar-refractivity contribution in [2.45, 2.75) is 27.1 Å². The van der Waals surface area contributed by atoms with Crippen LogP contribution in [0.2, 0.25) is 5.02 Å². The second-order valence-corrected chi connectivity index (χ2v) is 4.11. The summed E-state index contributed by atoms with van der Waals surface area (Å²) in [6.45, 7) is 7.76. The first kappa shape index (κ1) is 14.3. The van der Waals surface area contributed by atoms with Gasteiger partial charge in [-0.25, -0.2) is 0 Å². The minimum Gasteiger partial charge on any atom is -0.379 e. The summed E-state index contributed by atoms with van der Waals surface area (Å²) in [6, 6.07) is 5.91. The van der Waals surface area contributed by atoms with Gasteiger partial charge >= 0.3 is 0 Å². The van der Waals surface area contributed by atoms with Gasteiger partial charge in [0.05, 0.1) is 17.3 Å². The monoisotopic (exact) mass is 257 g/mol. The van der Waals surface area contributed by atoms with Crippen LogP contribution in [-0.4, -0.2) is 26.0 Å². The second-order valence-electron chi connectivity index (χ2n) is 3.70. The van der Waals surface area contributed by atoms with Gasteiger partial charge in [0.2, 0.25) is 0 Å². The first-order valence-corrected chi connectivity index (χ1v) is 6.28. The fourth-order valence-electron chi connectivity index (χ4n) is 1.49. The molecular formula is C13H20ClNO2. The number of hydrogen-bond acceptors (Lipinski definition) is 3. The largest absolute Gasteiger partial charge is 0.379 e. The summed E-state index contributed by atoms with van der Waals surface area (Å²) in [4.78, 5) is 0. The smallest absolute Gasteiger partial charge is 0.174 e. The molecule has 0 bridgehead atoms. The number of hydrogen-bond donors (Lipinski definition) is 1. The van der Waals surface area contributed by atoms with Crippen molar-refractivity contribution in [2.75, 3.05) is 25.1 Å². The molecule has 0 amide bonds. The maximum absolute atomic E-state index is 6.12. The molecule has 0 atom stereocenters. The van der Waals surface area contributed by atoms with E-state index in [4.69, 9.17) is 21.1 Å². The fourth-order valence-corrected chi connectivity index (χ4v) is 1.80. The highest BCUT2D eigenvalue weighted by atomic mass is 35.5. The Bertz CT molecular complexity index is 338. The minimum atomic E-state index is -0.234. The third kappa shape index (κ3) is 4.94. The Labute approximate surface area is 108 Å². The Kier molecular flexibility index (Phi) is 6.34. The van der Waals surface area contributed by atoms with Crippen molar-refractivity contribution in [1.82, 2.24) is 0 Å². The Balaban J connectivity index is 2.52. The van der Waals surface area contributed by atoms with Crippen LogP contribution in [0.25, 0.3) is 0 Å². The quantitative estimate of drug-likeness (QED) is 0.759. The molecule has 1 aromatic rings. The van der Waals surface area contributed by atoms with E-state index in [1.165, 1.54) is 0 Å². The van der Waals surface area contributed by atoms with Gasteiger partial charge in [-0.1, -0.05) is 17.7 Å². The molecule has 0 aliphatic rings. The molecule has 0 saturated carbocycles. The summed E-state index contributed by atoms with van der Waals surface area (Å²) in [5.41, 5.74) is 2.05. The number of benzene rings is 1. The highest BCUT2D eigenvalue weighted by molar-refractivity contribution is 6.33. The number of anilines is 1. The average Bonchev–Trinajstić information content (AvgIpc) is 2.28. The predicted molar refractivity (Wildman–Crippen MR) is 71.7 cm³/mol. The molecule has 1 rings (SSSR count). The van der Waals surface area contributed by atoms with E-state index in [1.807, 2.05) is 39.0 Å². The topological polar surface area (TPSA) is 30.5 Å². The van der Waals surface area contributed by atoms with Crippen molar-refractivity contribution in [2.24, 2.45) is 0 Å². The van der Waals surface area contributed by atoms with Gasteiger partial charge in [0.1, 0.15) is 0 Å². The Morgan fingerprint density at radius 1 is 1.24 bits per heavy atom. The maximum atomic E-state index is 6.12. The second kappa shape index (κ2) is 7.54. The summed E-state index contributed by atoms with van der Waals surface area (Å²) in [7, 11) is 0. The lowest BCUT2D eigenvalue weighted by Gasteiger charge is -2.18. The van der Waals surface area contributed by atoms with Crippen molar-refractivity contribution in [3.63, 3.8) is 0 Å². The van der Waals surface area contributed by atoms with Crippen molar-refractivity contribution in [1.29, 1.82) is 0 Å². The van der Waals surface area contributed by atoms with E-state index in [0.29, 0.717) is 19.8 Å². The van der Waals surface area contributed by atoms with E-state index in [0.717, 1.165) is 16.3 Å². The molecule has 0 aromatic heterocycles. The molecule has 0 heterocycles. The predicted octanol–water partition coefficient (Wildman–Crippen LogP) is 3.46. The van der Waals surface area contributed by atoms with E-state index < -0.39 is 0 Å². The first-order valence-electron chi connectivity index (χ1n) is 5.90. The minimum absolute atomic E-state index is 0.234. The highest BCUT2D eigenvalue weighted by Crippen LogP contribution is 2.22. The summed E-state index contributed by atoms with van der Waals surface area (Å²) >= 11 is 6.12. The van der Waals surface area contributed by atoms with Crippen LogP contribution in [-0.2, 0) is 9.47 Å². The van der Waals surface area contributed by atoms with Crippen molar-refractivity contribution in [3.05, 3.63) is 28.8 Å². The molecule has 0 saturated heterocycles. The lowest BCUT2D eigenvalue weighted by molar-refractivity contribution is -0.126. The lowest BCUT2D eigenvalue weighted by atomic mass is 10.2. The van der Waals surface area contributed by atoms with Gasteiger partial charge in [-0.2, -0.15) is 0 Å². The zero-order valence-corrected chi connectivity index (χ0v) is 11.4. The Morgan fingerprint density at radius 3 is 2.41 bits per heavy atom. The van der Waals surface area contributed by atoms with Gasteiger partial charge in [-0.05, 0) is 38.5 Å². The standard InChI is InChI=1S/C13H20ClNO2/c1-4-16-13(17-5-2)9-15-12-7-6-10(3)8-11(12)14/h6-8,13,15H,4-5,9H2,1-3H3. The molecule has 1 aromatic carbocycles. The normalized spacial score (nSPS) is 10.9. The average molecular weight is 258 g/mol. The van der Waals surface area contributed by atoms with Gasteiger partial charge in [0.25, 0.3) is 0 Å². The molecule has 0 aliphatic heterocycles. The molecule has 0 unspecified atom stereocenters.